The predicted molar refractivity (Wildman–Crippen MR) is 56.2 cm³/mol. The SMILES string of the molecule is COC1=NC2C=CC34C=CC=CC23C14.[O-][Cl+3]([O-])([O-])O. The van der Waals surface area contributed by atoms with Crippen LogP contribution < -0.4 is 14.0 Å². The molecule has 1 heterocycles. The summed E-state index contributed by atoms with van der Waals surface area (Å²) < 4.78 is 38.1. The maximum atomic E-state index is 8.60. The third-order valence-electron chi connectivity index (χ3n) is 4.24. The van der Waals surface area contributed by atoms with Gasteiger partial charge in [-0.25, -0.2) is 4.99 Å². The van der Waals surface area contributed by atoms with Crippen molar-refractivity contribution in [3.8, 4) is 0 Å². The molecule has 0 bridgehead atoms. The highest BCUT2D eigenvalue weighted by atomic mass is 35.7. The molecule has 0 saturated heterocycles. The Hall–Kier alpha value is -1.18. The lowest BCUT2D eigenvalue weighted by molar-refractivity contribution is -1.92. The number of halogens is 1. The molecule has 0 aromatic heterocycles. The number of methoxy groups -OCH3 is 1. The molecule has 0 aromatic carbocycles. The van der Waals surface area contributed by atoms with Crippen LogP contribution in [0.2, 0.25) is 0 Å². The molecule has 4 atom stereocenters. The fourth-order valence-corrected chi connectivity index (χ4v) is 3.65. The van der Waals surface area contributed by atoms with Crippen LogP contribution in [0.5, 0.6) is 0 Å². The van der Waals surface area contributed by atoms with Gasteiger partial charge < -0.3 is 4.74 Å². The highest BCUT2D eigenvalue weighted by Crippen LogP contribution is 2.80. The maximum absolute atomic E-state index is 8.60. The molecule has 1 N–H and O–H groups in total. The summed E-state index contributed by atoms with van der Waals surface area (Å²) in [5.41, 5.74) is 0.451. The van der Waals surface area contributed by atoms with E-state index in [2.05, 4.69) is 41.4 Å². The Bertz CT molecular complexity index is 529. The quantitative estimate of drug-likeness (QED) is 0.498. The van der Waals surface area contributed by atoms with Gasteiger partial charge in [-0.3, -0.25) is 0 Å². The normalized spacial score (nSPS) is 43.1. The first kappa shape index (κ1) is 12.8. The highest BCUT2D eigenvalue weighted by molar-refractivity contribution is 5.92. The predicted octanol–water partition coefficient (Wildman–Crippen LogP) is -2.41. The van der Waals surface area contributed by atoms with Gasteiger partial charge in [-0.2, -0.15) is 14.0 Å². The smallest absolute Gasteiger partial charge is 0.189 e. The van der Waals surface area contributed by atoms with Gasteiger partial charge in [0.25, 0.3) is 0 Å². The molecule has 102 valence electrons. The molecule has 0 amide bonds. The molecule has 4 aliphatic rings. The second-order valence-corrected chi connectivity index (χ2v) is 5.68. The molecule has 4 rings (SSSR count). The Morgan fingerprint density at radius 3 is 2.47 bits per heavy atom. The Balaban J connectivity index is 0.000000193. The molecule has 1 spiro atoms. The van der Waals surface area contributed by atoms with Gasteiger partial charge in [-0.15, -0.1) is 0 Å². The average Bonchev–Trinajstić information content (AvgIpc) is 2.68. The molecule has 1 fully saturated rings. The number of hydrogen-bond acceptors (Lipinski definition) is 6. The van der Waals surface area contributed by atoms with E-state index in [1.807, 2.05) is 0 Å². The zero-order valence-electron chi connectivity index (χ0n) is 10.0. The van der Waals surface area contributed by atoms with Crippen molar-refractivity contribution in [2.75, 3.05) is 7.11 Å². The summed E-state index contributed by atoms with van der Waals surface area (Å²) in [6.45, 7) is 0. The lowest BCUT2D eigenvalue weighted by Crippen LogP contribution is -2.58. The van der Waals surface area contributed by atoms with Crippen molar-refractivity contribution in [2.24, 2.45) is 21.7 Å². The lowest BCUT2D eigenvalue weighted by Gasteiger charge is -2.17. The van der Waals surface area contributed by atoms with Crippen LogP contribution in [0.1, 0.15) is 0 Å². The molecule has 0 radical (unpaired) electrons. The zero-order chi connectivity index (χ0) is 13.9. The van der Waals surface area contributed by atoms with E-state index in [1.165, 1.54) is 0 Å². The van der Waals surface area contributed by atoms with Gasteiger partial charge >= 0.3 is 0 Å². The number of nitrogens with zero attached hydrogens (tertiary/aromatic N) is 1. The molecule has 4 unspecified atom stereocenters. The molecular formula is C12H12ClNO5. The largest absolute Gasteiger partial charge is 0.484 e. The van der Waals surface area contributed by atoms with E-state index in [0.29, 0.717) is 12.0 Å². The van der Waals surface area contributed by atoms with Crippen molar-refractivity contribution in [2.45, 2.75) is 6.04 Å². The monoisotopic (exact) mass is 285 g/mol. The van der Waals surface area contributed by atoms with Gasteiger partial charge in [-0.1, -0.05) is 36.5 Å². The Morgan fingerprint density at radius 2 is 1.89 bits per heavy atom. The molecule has 19 heavy (non-hydrogen) atoms. The minimum atomic E-state index is -4.69. The fraction of sp³-hybridized carbons (Fsp3) is 0.417. The summed E-state index contributed by atoms with van der Waals surface area (Å²) in [4.78, 5) is 4.59. The van der Waals surface area contributed by atoms with E-state index in [0.717, 1.165) is 5.90 Å². The minimum Gasteiger partial charge on any atom is -0.484 e. The van der Waals surface area contributed by atoms with Crippen molar-refractivity contribution in [3.63, 3.8) is 0 Å². The minimum absolute atomic E-state index is 0.222. The van der Waals surface area contributed by atoms with E-state index in [-0.39, 0.29) is 10.8 Å². The van der Waals surface area contributed by atoms with E-state index in [1.54, 1.807) is 7.11 Å². The van der Waals surface area contributed by atoms with Crippen molar-refractivity contribution in [1.82, 2.24) is 0 Å². The van der Waals surface area contributed by atoms with Crippen LogP contribution in [0, 0.1) is 27.0 Å². The molecule has 1 aliphatic heterocycles. The molecular weight excluding hydrogens is 274 g/mol. The van der Waals surface area contributed by atoms with Crippen molar-refractivity contribution < 1.29 is 33.6 Å². The Morgan fingerprint density at radius 1 is 1.26 bits per heavy atom. The van der Waals surface area contributed by atoms with E-state index in [9.17, 15) is 0 Å². The molecule has 0 aromatic rings. The number of hydrogen-bond donors (Lipinski definition) is 1. The summed E-state index contributed by atoms with van der Waals surface area (Å²) >= 11 is 0. The van der Waals surface area contributed by atoms with Gasteiger partial charge in [0.15, 0.2) is 5.90 Å². The van der Waals surface area contributed by atoms with Crippen LogP contribution in [0.15, 0.2) is 41.4 Å². The number of allylic oxidation sites excluding steroid dienone is 4. The number of rotatable bonds is 0. The Labute approximate surface area is 111 Å². The zero-order valence-corrected chi connectivity index (χ0v) is 10.8. The van der Waals surface area contributed by atoms with Crippen LogP contribution in [0.25, 0.3) is 0 Å². The number of aliphatic imine (C=N–C) groups is 1. The van der Waals surface area contributed by atoms with Crippen LogP contribution in [-0.4, -0.2) is 23.7 Å². The van der Waals surface area contributed by atoms with Gasteiger partial charge in [0, 0.05) is 10.8 Å². The van der Waals surface area contributed by atoms with Crippen LogP contribution in [0.3, 0.4) is 0 Å². The fourth-order valence-electron chi connectivity index (χ4n) is 3.65. The third kappa shape index (κ3) is 1.55. The first-order valence-electron chi connectivity index (χ1n) is 5.66. The van der Waals surface area contributed by atoms with Crippen LogP contribution in [-0.2, 0) is 4.74 Å². The molecule has 7 heteroatoms. The summed E-state index contributed by atoms with van der Waals surface area (Å²) in [5.74, 6) is 1.42. The first-order chi connectivity index (χ1) is 8.85. The standard InChI is InChI=1S/C12H11NO.ClHO4/c1-14-10-9-11-5-2-3-6-12(9,11)8(13-10)4-7-11;2-1(3,4)5/h2-9H,1H3;(H,2,3,4,5). The van der Waals surface area contributed by atoms with E-state index < -0.39 is 10.2 Å². The van der Waals surface area contributed by atoms with Crippen molar-refractivity contribution in [1.29, 1.82) is 0 Å². The maximum Gasteiger partial charge on any atom is 0.189 e. The van der Waals surface area contributed by atoms with Crippen molar-refractivity contribution >= 4 is 5.90 Å². The molecule has 3 aliphatic carbocycles. The van der Waals surface area contributed by atoms with Gasteiger partial charge in [0.05, 0.1) is 34.0 Å². The van der Waals surface area contributed by atoms with E-state index >= 15 is 0 Å². The average molecular weight is 286 g/mol. The summed E-state index contributed by atoms with van der Waals surface area (Å²) in [6.07, 6.45) is 13.5. The van der Waals surface area contributed by atoms with Gasteiger partial charge in [0.1, 0.15) is 0 Å². The van der Waals surface area contributed by atoms with Gasteiger partial charge in [-0.05, 0) is 0 Å². The second kappa shape index (κ2) is 3.68. The van der Waals surface area contributed by atoms with Crippen LogP contribution in [0.4, 0.5) is 0 Å². The lowest BCUT2D eigenvalue weighted by atomic mass is 9.89. The third-order valence-corrected chi connectivity index (χ3v) is 4.24. The van der Waals surface area contributed by atoms with Crippen LogP contribution >= 0.6 is 0 Å². The van der Waals surface area contributed by atoms with E-state index in [4.69, 9.17) is 23.4 Å². The first-order valence-corrected chi connectivity index (χ1v) is 6.93. The highest BCUT2D eigenvalue weighted by Gasteiger charge is 2.83. The summed E-state index contributed by atoms with van der Waals surface area (Å²) in [7, 11) is -2.97. The molecule has 1 saturated carbocycles. The summed E-state index contributed by atoms with van der Waals surface area (Å²) in [5, 5.41) is 0. The second-order valence-electron chi connectivity index (χ2n) is 4.89. The Kier molecular flexibility index (Phi) is 2.49. The van der Waals surface area contributed by atoms with Gasteiger partial charge in [0.2, 0.25) is 0 Å². The molecule has 6 nitrogen and oxygen atoms in total. The number of ether oxygens (including phenoxy) is 1. The summed E-state index contributed by atoms with van der Waals surface area (Å²) in [6, 6.07) is 0.323. The topological polar surface area (TPSA) is 111 Å². The van der Waals surface area contributed by atoms with Crippen molar-refractivity contribution in [3.05, 3.63) is 36.5 Å².